The van der Waals surface area contributed by atoms with Gasteiger partial charge >= 0.3 is 0 Å². The molecule has 2 aromatic carbocycles. The van der Waals surface area contributed by atoms with Gasteiger partial charge in [-0.25, -0.2) is 4.39 Å². The minimum Gasteiger partial charge on any atom is -0.337 e. The van der Waals surface area contributed by atoms with Crippen LogP contribution in [0, 0.1) is 12.7 Å². The van der Waals surface area contributed by atoms with Gasteiger partial charge in [0.05, 0.1) is 15.6 Å². The molecule has 21 heavy (non-hydrogen) atoms. The number of nitrogens with zero attached hydrogens (tertiary/aromatic N) is 1. The number of rotatable bonds is 3. The molecule has 0 fully saturated rings. The molecule has 0 spiro atoms. The van der Waals surface area contributed by atoms with E-state index in [1.54, 1.807) is 44.3 Å². The molecule has 0 aliphatic heterocycles. The lowest BCUT2D eigenvalue weighted by Crippen LogP contribution is -2.27. The van der Waals surface area contributed by atoms with Crippen LogP contribution in [0.1, 0.15) is 21.5 Å². The predicted octanol–water partition coefficient (Wildman–Crippen LogP) is 4.71. The molecule has 2 rings (SSSR count). The first kappa shape index (κ1) is 15.8. The third kappa shape index (κ3) is 3.55. The van der Waals surface area contributed by atoms with Crippen LogP contribution in [0.2, 0.25) is 10.0 Å². The monoisotopic (exact) mass is 325 g/mol. The molecule has 0 saturated heterocycles. The number of benzene rings is 2. The van der Waals surface area contributed by atoms with E-state index in [0.29, 0.717) is 22.2 Å². The molecule has 2 nitrogen and oxygen atoms in total. The summed E-state index contributed by atoms with van der Waals surface area (Å²) < 4.78 is 14.0. The zero-order valence-electron chi connectivity index (χ0n) is 11.7. The highest BCUT2D eigenvalue weighted by Crippen LogP contribution is 2.23. The van der Waals surface area contributed by atoms with Crippen molar-refractivity contribution >= 4 is 29.1 Å². The lowest BCUT2D eigenvalue weighted by atomic mass is 10.1. The summed E-state index contributed by atoms with van der Waals surface area (Å²) in [5, 5.41) is 0.885. The van der Waals surface area contributed by atoms with Crippen LogP contribution < -0.4 is 0 Å². The molecule has 0 aliphatic carbocycles. The molecule has 0 aromatic heterocycles. The van der Waals surface area contributed by atoms with Gasteiger partial charge in [0, 0.05) is 13.6 Å². The van der Waals surface area contributed by atoms with Crippen molar-refractivity contribution in [3.63, 3.8) is 0 Å². The Labute approximate surface area is 133 Å². The Bertz CT molecular complexity index is 688. The molecule has 5 heteroatoms. The summed E-state index contributed by atoms with van der Waals surface area (Å²) in [7, 11) is 1.62. The molecule has 0 unspecified atom stereocenters. The third-order valence-corrected chi connectivity index (χ3v) is 3.91. The maximum Gasteiger partial charge on any atom is 0.256 e. The van der Waals surface area contributed by atoms with Crippen molar-refractivity contribution in [2.45, 2.75) is 13.5 Å². The van der Waals surface area contributed by atoms with E-state index in [1.807, 2.05) is 0 Å². The number of halogens is 3. The molecule has 110 valence electrons. The highest BCUT2D eigenvalue weighted by molar-refractivity contribution is 6.42. The second-order valence-corrected chi connectivity index (χ2v) is 5.66. The smallest absolute Gasteiger partial charge is 0.256 e. The topological polar surface area (TPSA) is 20.3 Å². The van der Waals surface area contributed by atoms with Gasteiger partial charge in [-0.05, 0) is 36.2 Å². The van der Waals surface area contributed by atoms with Gasteiger partial charge in [-0.15, -0.1) is 0 Å². The maximum atomic E-state index is 14.0. The first-order valence-corrected chi connectivity index (χ1v) is 7.10. The number of aryl methyl sites for hydroxylation is 1. The van der Waals surface area contributed by atoms with E-state index >= 15 is 0 Å². The lowest BCUT2D eigenvalue weighted by molar-refractivity contribution is 0.0780. The van der Waals surface area contributed by atoms with Gasteiger partial charge in [0.1, 0.15) is 5.82 Å². The number of hydrogen-bond acceptors (Lipinski definition) is 1. The van der Waals surface area contributed by atoms with Gasteiger partial charge in [0.2, 0.25) is 0 Å². The van der Waals surface area contributed by atoms with E-state index in [2.05, 4.69) is 0 Å². The Kier molecular flexibility index (Phi) is 4.86. The van der Waals surface area contributed by atoms with Gasteiger partial charge in [0.25, 0.3) is 5.91 Å². The summed E-state index contributed by atoms with van der Waals surface area (Å²) in [5.74, 6) is -0.856. The van der Waals surface area contributed by atoms with Crippen molar-refractivity contribution in [3.8, 4) is 0 Å². The zero-order chi connectivity index (χ0) is 15.6. The molecule has 0 atom stereocenters. The molecule has 0 bridgehead atoms. The van der Waals surface area contributed by atoms with Crippen LogP contribution in [0.5, 0.6) is 0 Å². The summed E-state index contributed by atoms with van der Waals surface area (Å²) >= 11 is 11.8. The summed E-state index contributed by atoms with van der Waals surface area (Å²) in [5.41, 5.74) is 1.34. The fourth-order valence-electron chi connectivity index (χ4n) is 2.00. The molecule has 0 N–H and O–H groups in total. The lowest BCUT2D eigenvalue weighted by Gasteiger charge is -2.18. The molecule has 0 saturated carbocycles. The van der Waals surface area contributed by atoms with Crippen LogP contribution in [-0.2, 0) is 6.54 Å². The van der Waals surface area contributed by atoms with Crippen LogP contribution in [0.15, 0.2) is 36.4 Å². The van der Waals surface area contributed by atoms with E-state index in [9.17, 15) is 9.18 Å². The van der Waals surface area contributed by atoms with Crippen molar-refractivity contribution in [2.75, 3.05) is 7.05 Å². The molecule has 1 amide bonds. The third-order valence-electron chi connectivity index (χ3n) is 3.17. The van der Waals surface area contributed by atoms with Crippen LogP contribution in [0.3, 0.4) is 0 Å². The standard InChI is InChI=1S/C16H14Cl2FNO/c1-10-4-3-5-12(15(10)19)16(21)20(2)9-11-6-7-13(17)14(18)8-11/h3-8H,9H2,1-2H3. The van der Waals surface area contributed by atoms with Crippen LogP contribution in [0.25, 0.3) is 0 Å². The van der Waals surface area contributed by atoms with Gasteiger partial charge in [-0.1, -0.05) is 41.4 Å². The van der Waals surface area contributed by atoms with Crippen LogP contribution in [-0.4, -0.2) is 17.9 Å². The molecule has 0 heterocycles. The van der Waals surface area contributed by atoms with Crippen molar-refractivity contribution in [3.05, 3.63) is 69.0 Å². The second kappa shape index (κ2) is 6.46. The van der Waals surface area contributed by atoms with Gasteiger partial charge in [0.15, 0.2) is 0 Å². The number of carbonyl (C=O) groups excluding carboxylic acids is 1. The normalized spacial score (nSPS) is 10.5. The summed E-state index contributed by atoms with van der Waals surface area (Å²) in [6, 6.07) is 9.93. The quantitative estimate of drug-likeness (QED) is 0.800. The highest BCUT2D eigenvalue weighted by Gasteiger charge is 2.17. The van der Waals surface area contributed by atoms with E-state index < -0.39 is 5.82 Å². The molecular formula is C16H14Cl2FNO. The van der Waals surface area contributed by atoms with Crippen molar-refractivity contribution in [1.29, 1.82) is 0 Å². The molecule has 0 aliphatic rings. The van der Waals surface area contributed by atoms with E-state index in [-0.39, 0.29) is 11.5 Å². The predicted molar refractivity (Wildman–Crippen MR) is 83.4 cm³/mol. The highest BCUT2D eigenvalue weighted by atomic mass is 35.5. The summed E-state index contributed by atoms with van der Waals surface area (Å²) in [6.45, 7) is 1.95. The Morgan fingerprint density at radius 2 is 1.90 bits per heavy atom. The fourth-order valence-corrected chi connectivity index (χ4v) is 2.32. The Hall–Kier alpha value is -1.58. The SMILES string of the molecule is Cc1cccc(C(=O)N(C)Cc2ccc(Cl)c(Cl)c2)c1F. The number of carbonyl (C=O) groups is 1. The minimum absolute atomic E-state index is 0.0672. The zero-order valence-corrected chi connectivity index (χ0v) is 13.2. The van der Waals surface area contributed by atoms with E-state index in [0.717, 1.165) is 5.56 Å². The number of amides is 1. The van der Waals surface area contributed by atoms with Crippen LogP contribution in [0.4, 0.5) is 4.39 Å². The van der Waals surface area contributed by atoms with E-state index in [1.165, 1.54) is 11.0 Å². The van der Waals surface area contributed by atoms with Crippen molar-refractivity contribution in [1.82, 2.24) is 4.90 Å². The first-order valence-electron chi connectivity index (χ1n) is 6.34. The Morgan fingerprint density at radius 3 is 2.57 bits per heavy atom. The van der Waals surface area contributed by atoms with Crippen LogP contribution >= 0.6 is 23.2 Å². The molecule has 0 radical (unpaired) electrons. The Morgan fingerprint density at radius 1 is 1.19 bits per heavy atom. The first-order chi connectivity index (χ1) is 9.90. The van der Waals surface area contributed by atoms with Gasteiger partial charge < -0.3 is 4.90 Å². The summed E-state index contributed by atoms with van der Waals surface area (Å²) in [6.07, 6.45) is 0. The van der Waals surface area contributed by atoms with Gasteiger partial charge in [-0.3, -0.25) is 4.79 Å². The van der Waals surface area contributed by atoms with Gasteiger partial charge in [-0.2, -0.15) is 0 Å². The average molecular weight is 326 g/mol. The second-order valence-electron chi connectivity index (χ2n) is 4.85. The molecular weight excluding hydrogens is 312 g/mol. The van der Waals surface area contributed by atoms with Crippen molar-refractivity contribution < 1.29 is 9.18 Å². The van der Waals surface area contributed by atoms with E-state index in [4.69, 9.17) is 23.2 Å². The molecule has 2 aromatic rings. The number of hydrogen-bond donors (Lipinski definition) is 0. The minimum atomic E-state index is -0.483. The Balaban J connectivity index is 2.19. The van der Waals surface area contributed by atoms with Crippen molar-refractivity contribution in [2.24, 2.45) is 0 Å². The largest absolute Gasteiger partial charge is 0.337 e. The maximum absolute atomic E-state index is 14.0. The average Bonchev–Trinajstić information content (AvgIpc) is 2.45. The fraction of sp³-hybridized carbons (Fsp3) is 0.188. The summed E-state index contributed by atoms with van der Waals surface area (Å²) in [4.78, 5) is 13.7.